The van der Waals surface area contributed by atoms with Gasteiger partial charge in [0.15, 0.2) is 11.5 Å². The molecule has 0 aliphatic carbocycles. The summed E-state index contributed by atoms with van der Waals surface area (Å²) in [6, 6.07) is 9.36. The number of nitrogens with zero attached hydrogens (tertiary/aromatic N) is 2. The van der Waals surface area contributed by atoms with E-state index >= 15 is 0 Å². The van der Waals surface area contributed by atoms with Crippen LogP contribution in [0.15, 0.2) is 22.7 Å². The summed E-state index contributed by atoms with van der Waals surface area (Å²) >= 11 is 3.34. The molecule has 0 atom stereocenters. The van der Waals surface area contributed by atoms with Gasteiger partial charge in [-0.25, -0.2) is 0 Å². The molecule has 0 amide bonds. The first-order valence-corrected chi connectivity index (χ1v) is 6.39. The lowest BCUT2D eigenvalue weighted by Crippen LogP contribution is -1.91. The molecule has 0 fully saturated rings. The number of ether oxygens (including phenoxy) is 2. The van der Waals surface area contributed by atoms with Crippen LogP contribution in [0.1, 0.15) is 11.4 Å². The van der Waals surface area contributed by atoms with Crippen molar-refractivity contribution in [3.63, 3.8) is 0 Å². The first-order valence-electron chi connectivity index (χ1n) is 5.60. The summed E-state index contributed by atoms with van der Waals surface area (Å²) in [7, 11) is 3.10. The highest BCUT2D eigenvalue weighted by atomic mass is 79.9. The van der Waals surface area contributed by atoms with Gasteiger partial charge < -0.3 is 14.5 Å². The number of nitrogens with one attached hydrogen (secondary N) is 1. The van der Waals surface area contributed by atoms with E-state index in [0.29, 0.717) is 32.9 Å². The minimum absolute atomic E-state index is 0.311. The third-order valence-corrected chi connectivity index (χ3v) is 3.63. The van der Waals surface area contributed by atoms with Crippen LogP contribution < -0.4 is 9.47 Å². The maximum absolute atomic E-state index is 9.17. The average Bonchev–Trinajstić information content (AvgIpc) is 2.82. The maximum Gasteiger partial charge on any atom is 0.161 e. The third kappa shape index (κ3) is 2.22. The summed E-state index contributed by atoms with van der Waals surface area (Å²) in [5.41, 5.74) is 2.01. The topological polar surface area (TPSA) is 81.8 Å². The fourth-order valence-electron chi connectivity index (χ4n) is 1.90. The molecule has 1 aromatic heterocycles. The summed E-state index contributed by atoms with van der Waals surface area (Å²) in [6.07, 6.45) is 0. The second kappa shape index (κ2) is 5.68. The van der Waals surface area contributed by atoms with Crippen LogP contribution in [0.3, 0.4) is 0 Å². The van der Waals surface area contributed by atoms with E-state index in [1.807, 2.05) is 12.1 Å². The number of hydrogen-bond donors (Lipinski definition) is 1. The first-order chi connectivity index (χ1) is 9.65. The zero-order chi connectivity index (χ0) is 14.7. The molecule has 6 heteroatoms. The summed E-state index contributed by atoms with van der Waals surface area (Å²) in [6.45, 7) is 0. The molecule has 100 valence electrons. The summed E-state index contributed by atoms with van der Waals surface area (Å²) in [5.74, 6) is 1.16. The second-order valence-electron chi connectivity index (χ2n) is 3.86. The van der Waals surface area contributed by atoms with Crippen LogP contribution in [-0.4, -0.2) is 19.2 Å². The quantitative estimate of drug-likeness (QED) is 0.936. The van der Waals surface area contributed by atoms with Crippen molar-refractivity contribution in [2.45, 2.75) is 0 Å². The largest absolute Gasteiger partial charge is 0.493 e. The van der Waals surface area contributed by atoms with E-state index in [2.05, 4.69) is 20.9 Å². The number of aromatic nitrogens is 1. The van der Waals surface area contributed by atoms with Crippen LogP contribution in [0.4, 0.5) is 0 Å². The molecule has 1 N–H and O–H groups in total. The average molecular weight is 332 g/mol. The molecular formula is C14H10BrN3O2. The van der Waals surface area contributed by atoms with E-state index in [-0.39, 0.29) is 0 Å². The van der Waals surface area contributed by atoms with Gasteiger partial charge in [-0.2, -0.15) is 10.5 Å². The zero-order valence-electron chi connectivity index (χ0n) is 10.8. The molecule has 20 heavy (non-hydrogen) atoms. The smallest absolute Gasteiger partial charge is 0.161 e. The Hall–Kier alpha value is -2.44. The standard InChI is InChI=1S/C14H10BrN3O2/c1-19-11-4-3-8(5-12(11)20-2)13-9(6-16)18-10(7-17)14(13)15/h3-5,18H,1-2H3. The molecule has 0 bridgehead atoms. The minimum atomic E-state index is 0.311. The van der Waals surface area contributed by atoms with Crippen LogP contribution in [-0.2, 0) is 0 Å². The SMILES string of the molecule is COc1ccc(-c2c(C#N)[nH]c(C#N)c2Br)cc1OC. The van der Waals surface area contributed by atoms with Crippen molar-refractivity contribution in [1.82, 2.24) is 4.98 Å². The second-order valence-corrected chi connectivity index (χ2v) is 4.65. The lowest BCUT2D eigenvalue weighted by molar-refractivity contribution is 0.355. The van der Waals surface area contributed by atoms with Crippen LogP contribution in [0, 0.1) is 22.7 Å². The Labute approximate surface area is 124 Å². The van der Waals surface area contributed by atoms with E-state index in [1.165, 1.54) is 0 Å². The highest BCUT2D eigenvalue weighted by Gasteiger charge is 2.18. The van der Waals surface area contributed by atoms with E-state index in [0.717, 1.165) is 5.56 Å². The summed E-state index contributed by atoms with van der Waals surface area (Å²) in [5, 5.41) is 18.2. The van der Waals surface area contributed by atoms with Crippen LogP contribution >= 0.6 is 15.9 Å². The van der Waals surface area contributed by atoms with Gasteiger partial charge in [0.2, 0.25) is 0 Å². The Balaban J connectivity index is 2.66. The highest BCUT2D eigenvalue weighted by Crippen LogP contribution is 2.38. The molecule has 0 unspecified atom stereocenters. The molecule has 0 spiro atoms. The van der Waals surface area contributed by atoms with Crippen molar-refractivity contribution in [2.75, 3.05) is 14.2 Å². The molecule has 1 heterocycles. The Kier molecular flexibility index (Phi) is 3.97. The van der Waals surface area contributed by atoms with Gasteiger partial charge in [0, 0.05) is 5.56 Å². The molecular weight excluding hydrogens is 322 g/mol. The molecule has 1 aromatic carbocycles. The molecule has 0 saturated heterocycles. The molecule has 0 saturated carbocycles. The van der Waals surface area contributed by atoms with Crippen LogP contribution in [0.25, 0.3) is 11.1 Å². The van der Waals surface area contributed by atoms with Crippen LogP contribution in [0.5, 0.6) is 11.5 Å². The fraction of sp³-hybridized carbons (Fsp3) is 0.143. The molecule has 2 rings (SSSR count). The van der Waals surface area contributed by atoms with E-state index in [4.69, 9.17) is 14.7 Å². The van der Waals surface area contributed by atoms with Crippen LogP contribution in [0.2, 0.25) is 0 Å². The van der Waals surface area contributed by atoms with E-state index in [9.17, 15) is 5.26 Å². The molecule has 0 radical (unpaired) electrons. The number of hydrogen-bond acceptors (Lipinski definition) is 4. The monoisotopic (exact) mass is 331 g/mol. The van der Waals surface area contributed by atoms with Gasteiger partial charge in [0.1, 0.15) is 23.5 Å². The minimum Gasteiger partial charge on any atom is -0.493 e. The fourth-order valence-corrected chi connectivity index (χ4v) is 2.52. The maximum atomic E-state index is 9.17. The molecule has 0 aliphatic rings. The van der Waals surface area contributed by atoms with Gasteiger partial charge in [0.05, 0.1) is 18.7 Å². The van der Waals surface area contributed by atoms with Crippen molar-refractivity contribution in [3.8, 4) is 34.8 Å². The number of aromatic amines is 1. The summed E-state index contributed by atoms with van der Waals surface area (Å²) in [4.78, 5) is 2.77. The number of rotatable bonds is 3. The molecule has 5 nitrogen and oxygen atoms in total. The lowest BCUT2D eigenvalue weighted by atomic mass is 10.1. The third-order valence-electron chi connectivity index (χ3n) is 2.83. The van der Waals surface area contributed by atoms with E-state index in [1.54, 1.807) is 32.4 Å². The zero-order valence-corrected chi connectivity index (χ0v) is 12.4. The van der Waals surface area contributed by atoms with Gasteiger partial charge in [-0.05, 0) is 33.6 Å². The molecule has 0 aliphatic heterocycles. The highest BCUT2D eigenvalue weighted by molar-refractivity contribution is 9.10. The number of H-pyrrole nitrogens is 1. The lowest BCUT2D eigenvalue weighted by Gasteiger charge is -2.09. The van der Waals surface area contributed by atoms with Gasteiger partial charge in [-0.1, -0.05) is 6.07 Å². The van der Waals surface area contributed by atoms with Crippen molar-refractivity contribution < 1.29 is 9.47 Å². The Morgan fingerprint density at radius 3 is 2.25 bits per heavy atom. The van der Waals surface area contributed by atoms with Crippen molar-refractivity contribution in [3.05, 3.63) is 34.1 Å². The number of methoxy groups -OCH3 is 2. The van der Waals surface area contributed by atoms with Gasteiger partial charge in [-0.15, -0.1) is 0 Å². The Morgan fingerprint density at radius 1 is 1.05 bits per heavy atom. The van der Waals surface area contributed by atoms with Gasteiger partial charge in [-0.3, -0.25) is 0 Å². The van der Waals surface area contributed by atoms with Crippen molar-refractivity contribution >= 4 is 15.9 Å². The predicted molar refractivity (Wildman–Crippen MR) is 76.5 cm³/mol. The predicted octanol–water partition coefficient (Wildman–Crippen LogP) is 3.20. The normalized spacial score (nSPS) is 9.65. The number of nitriles is 2. The molecule has 2 aromatic rings. The summed E-state index contributed by atoms with van der Waals surface area (Å²) < 4.78 is 11.0. The number of halogens is 1. The van der Waals surface area contributed by atoms with Gasteiger partial charge in [0.25, 0.3) is 0 Å². The number of benzene rings is 1. The van der Waals surface area contributed by atoms with Crippen molar-refractivity contribution in [2.24, 2.45) is 0 Å². The Bertz CT molecular complexity index is 738. The van der Waals surface area contributed by atoms with Gasteiger partial charge >= 0.3 is 0 Å². The first kappa shape index (κ1) is 14.0. The Morgan fingerprint density at radius 2 is 1.70 bits per heavy atom. The van der Waals surface area contributed by atoms with E-state index < -0.39 is 0 Å². The van der Waals surface area contributed by atoms with Crippen molar-refractivity contribution in [1.29, 1.82) is 10.5 Å².